The minimum absolute atomic E-state index is 0.0368. The number of aliphatic imine (C=N–C) groups is 1. The number of benzene rings is 1. The number of piperidine rings is 1. The first-order valence-corrected chi connectivity index (χ1v) is 8.82. The van der Waals surface area contributed by atoms with Gasteiger partial charge in [-0.05, 0) is 31.5 Å². The van der Waals surface area contributed by atoms with E-state index in [2.05, 4.69) is 21.8 Å². The number of aryl methyl sites for hydroxylation is 1. The summed E-state index contributed by atoms with van der Waals surface area (Å²) in [5.74, 6) is 7.05. The Morgan fingerprint density at radius 1 is 1.19 bits per heavy atom. The van der Waals surface area contributed by atoms with Gasteiger partial charge in [0.2, 0.25) is 5.82 Å². The first-order chi connectivity index (χ1) is 13.1. The second kappa shape index (κ2) is 7.04. The lowest BCUT2D eigenvalue weighted by atomic mass is 9.89. The van der Waals surface area contributed by atoms with E-state index in [4.69, 9.17) is 0 Å². The number of hydrogen-bond donors (Lipinski definition) is 0. The summed E-state index contributed by atoms with van der Waals surface area (Å²) in [5.41, 5.74) is 3.79. The highest BCUT2D eigenvalue weighted by Crippen LogP contribution is 2.33. The normalized spacial score (nSPS) is 18.1. The van der Waals surface area contributed by atoms with Crippen molar-refractivity contribution >= 4 is 17.2 Å². The standard InChI is InChI=1S/C21H18N4O2/c1-15-7-10-20(25(26)27)21(23-15)24-12-11-18-17(13-22-19(18)14-24)9-8-16-5-3-2-4-6-16/h2-7,10,13,18H,11-12,14H2,1H3. The van der Waals surface area contributed by atoms with Gasteiger partial charge in [-0.15, -0.1) is 0 Å². The number of pyridine rings is 1. The highest BCUT2D eigenvalue weighted by Gasteiger charge is 2.33. The van der Waals surface area contributed by atoms with Gasteiger partial charge in [0, 0.05) is 47.3 Å². The van der Waals surface area contributed by atoms with E-state index in [0.717, 1.165) is 29.0 Å². The number of anilines is 1. The summed E-state index contributed by atoms with van der Waals surface area (Å²) in [6.45, 7) is 3.06. The maximum atomic E-state index is 11.4. The van der Waals surface area contributed by atoms with E-state index in [0.29, 0.717) is 18.9 Å². The van der Waals surface area contributed by atoms with Crippen LogP contribution in [-0.2, 0) is 0 Å². The van der Waals surface area contributed by atoms with Gasteiger partial charge in [0.1, 0.15) is 0 Å². The molecule has 2 aliphatic heterocycles. The molecule has 0 saturated carbocycles. The molecule has 0 amide bonds. The van der Waals surface area contributed by atoms with Gasteiger partial charge >= 0.3 is 5.69 Å². The molecule has 1 aromatic carbocycles. The second-order valence-electron chi connectivity index (χ2n) is 6.64. The van der Waals surface area contributed by atoms with Crippen molar-refractivity contribution in [1.29, 1.82) is 0 Å². The SMILES string of the molecule is Cc1ccc([N+](=O)[O-])c(N2CCC3C(C#Cc4ccccc4)=CN=C3C2)n1. The van der Waals surface area contributed by atoms with Crippen molar-refractivity contribution in [2.24, 2.45) is 10.9 Å². The summed E-state index contributed by atoms with van der Waals surface area (Å²) in [5, 5.41) is 11.4. The predicted molar refractivity (Wildman–Crippen MR) is 105 cm³/mol. The molecule has 6 heteroatoms. The van der Waals surface area contributed by atoms with E-state index in [1.54, 1.807) is 6.07 Å². The average Bonchev–Trinajstić information content (AvgIpc) is 3.09. The molecule has 27 heavy (non-hydrogen) atoms. The molecular weight excluding hydrogens is 340 g/mol. The quantitative estimate of drug-likeness (QED) is 0.468. The summed E-state index contributed by atoms with van der Waals surface area (Å²) in [4.78, 5) is 21.9. The molecule has 1 unspecified atom stereocenters. The second-order valence-corrected chi connectivity index (χ2v) is 6.64. The number of aromatic nitrogens is 1. The Morgan fingerprint density at radius 2 is 2.00 bits per heavy atom. The summed E-state index contributed by atoms with van der Waals surface area (Å²) >= 11 is 0. The molecule has 3 heterocycles. The number of allylic oxidation sites excluding steroid dienone is 1. The third-order valence-corrected chi connectivity index (χ3v) is 4.80. The zero-order valence-electron chi connectivity index (χ0n) is 14.9. The molecule has 0 spiro atoms. The maximum absolute atomic E-state index is 11.4. The Kier molecular flexibility index (Phi) is 4.43. The van der Waals surface area contributed by atoms with Crippen LogP contribution in [0.25, 0.3) is 0 Å². The number of hydrogen-bond acceptors (Lipinski definition) is 5. The van der Waals surface area contributed by atoms with E-state index in [9.17, 15) is 10.1 Å². The monoisotopic (exact) mass is 358 g/mol. The highest BCUT2D eigenvalue weighted by atomic mass is 16.6. The van der Waals surface area contributed by atoms with E-state index < -0.39 is 0 Å². The Labute approximate surface area is 157 Å². The summed E-state index contributed by atoms with van der Waals surface area (Å²) in [6.07, 6.45) is 2.65. The van der Waals surface area contributed by atoms with Gasteiger partial charge in [-0.25, -0.2) is 4.98 Å². The van der Waals surface area contributed by atoms with Crippen LogP contribution in [-0.4, -0.2) is 28.7 Å². The van der Waals surface area contributed by atoms with Crippen molar-refractivity contribution in [3.63, 3.8) is 0 Å². The van der Waals surface area contributed by atoms with Crippen LogP contribution in [0, 0.1) is 34.8 Å². The van der Waals surface area contributed by atoms with Crippen LogP contribution in [0.1, 0.15) is 17.7 Å². The van der Waals surface area contributed by atoms with Crippen molar-refractivity contribution in [3.05, 3.63) is 75.6 Å². The minimum atomic E-state index is -0.376. The number of nitro groups is 1. The summed E-state index contributed by atoms with van der Waals surface area (Å²) in [6, 6.07) is 13.1. The van der Waals surface area contributed by atoms with Gasteiger partial charge in [-0.2, -0.15) is 0 Å². The molecule has 6 nitrogen and oxygen atoms in total. The molecule has 1 atom stereocenters. The van der Waals surface area contributed by atoms with Crippen molar-refractivity contribution in [2.45, 2.75) is 13.3 Å². The van der Waals surface area contributed by atoms with Crippen molar-refractivity contribution in [2.75, 3.05) is 18.0 Å². The van der Waals surface area contributed by atoms with Crippen LogP contribution in [0.2, 0.25) is 0 Å². The summed E-state index contributed by atoms with van der Waals surface area (Å²) in [7, 11) is 0. The zero-order valence-corrected chi connectivity index (χ0v) is 14.9. The fourth-order valence-electron chi connectivity index (χ4n) is 3.42. The number of fused-ring (bicyclic) bond motifs is 1. The van der Waals surface area contributed by atoms with Crippen molar-refractivity contribution in [3.8, 4) is 11.8 Å². The largest absolute Gasteiger partial charge is 0.345 e. The summed E-state index contributed by atoms with van der Waals surface area (Å²) < 4.78 is 0. The molecular formula is C21H18N4O2. The molecule has 134 valence electrons. The first-order valence-electron chi connectivity index (χ1n) is 8.82. The van der Waals surface area contributed by atoms with Gasteiger partial charge in [-0.1, -0.05) is 30.0 Å². The van der Waals surface area contributed by atoms with Crippen LogP contribution in [0.5, 0.6) is 0 Å². The Balaban J connectivity index is 1.52. The fourth-order valence-corrected chi connectivity index (χ4v) is 3.42. The molecule has 2 aromatic rings. The average molecular weight is 358 g/mol. The van der Waals surface area contributed by atoms with Crippen LogP contribution in [0.15, 0.2) is 59.2 Å². The van der Waals surface area contributed by atoms with Gasteiger partial charge in [0.25, 0.3) is 0 Å². The van der Waals surface area contributed by atoms with Crippen LogP contribution in [0.4, 0.5) is 11.5 Å². The van der Waals surface area contributed by atoms with E-state index in [-0.39, 0.29) is 16.5 Å². The van der Waals surface area contributed by atoms with E-state index in [1.807, 2.05) is 48.4 Å². The predicted octanol–water partition coefficient (Wildman–Crippen LogP) is 3.51. The van der Waals surface area contributed by atoms with E-state index in [1.165, 1.54) is 6.07 Å². The fraction of sp³-hybridized carbons (Fsp3) is 0.238. The Hall–Kier alpha value is -3.46. The van der Waals surface area contributed by atoms with Crippen molar-refractivity contribution < 1.29 is 4.92 Å². The van der Waals surface area contributed by atoms with Gasteiger partial charge in [0.05, 0.1) is 11.5 Å². The number of nitrogens with zero attached hydrogens (tertiary/aromatic N) is 4. The lowest BCUT2D eigenvalue weighted by molar-refractivity contribution is -0.384. The minimum Gasteiger partial charge on any atom is -0.345 e. The molecule has 1 fully saturated rings. The smallest absolute Gasteiger partial charge is 0.311 e. The lowest BCUT2D eigenvalue weighted by Gasteiger charge is -2.32. The molecule has 1 aromatic heterocycles. The Morgan fingerprint density at radius 3 is 2.78 bits per heavy atom. The third-order valence-electron chi connectivity index (χ3n) is 4.80. The van der Waals surface area contributed by atoms with Gasteiger partial charge < -0.3 is 4.90 Å². The van der Waals surface area contributed by atoms with Crippen LogP contribution in [0.3, 0.4) is 0 Å². The molecule has 0 bridgehead atoms. The molecule has 0 radical (unpaired) electrons. The van der Waals surface area contributed by atoms with Gasteiger partial charge in [0.15, 0.2) is 0 Å². The number of rotatable bonds is 2. The van der Waals surface area contributed by atoms with Gasteiger partial charge in [-0.3, -0.25) is 15.1 Å². The molecule has 0 N–H and O–H groups in total. The molecule has 0 aliphatic carbocycles. The Bertz CT molecular complexity index is 1020. The highest BCUT2D eigenvalue weighted by molar-refractivity contribution is 5.97. The maximum Gasteiger partial charge on any atom is 0.311 e. The molecule has 4 rings (SSSR count). The van der Waals surface area contributed by atoms with E-state index >= 15 is 0 Å². The molecule has 2 aliphatic rings. The lowest BCUT2D eigenvalue weighted by Crippen LogP contribution is -2.41. The first kappa shape index (κ1) is 17.0. The zero-order chi connectivity index (χ0) is 18.8. The molecule has 1 saturated heterocycles. The third kappa shape index (κ3) is 3.44. The van der Waals surface area contributed by atoms with Crippen LogP contribution >= 0.6 is 0 Å². The van der Waals surface area contributed by atoms with Crippen LogP contribution < -0.4 is 4.90 Å². The van der Waals surface area contributed by atoms with Crippen molar-refractivity contribution in [1.82, 2.24) is 4.98 Å². The topological polar surface area (TPSA) is 71.6 Å².